The number of furan rings is 1. The van der Waals surface area contributed by atoms with Crippen LogP contribution in [0.15, 0.2) is 52.9 Å². The zero-order valence-electron chi connectivity index (χ0n) is 17.9. The molecule has 1 N–H and O–H groups in total. The van der Waals surface area contributed by atoms with Crippen molar-refractivity contribution >= 4 is 28.5 Å². The number of para-hydroxylation sites is 1. The Morgan fingerprint density at radius 2 is 1.71 bits per heavy atom. The third-order valence-electron chi connectivity index (χ3n) is 5.56. The molecule has 3 aromatic rings. The summed E-state index contributed by atoms with van der Waals surface area (Å²) in [6.07, 6.45) is 3.61. The van der Waals surface area contributed by atoms with Crippen LogP contribution in [0, 0.1) is 0 Å². The highest BCUT2D eigenvalue weighted by Gasteiger charge is 2.27. The van der Waals surface area contributed by atoms with E-state index in [1.807, 2.05) is 30.3 Å². The van der Waals surface area contributed by atoms with E-state index in [0.29, 0.717) is 37.6 Å². The summed E-state index contributed by atoms with van der Waals surface area (Å²) in [5.41, 5.74) is 3.24. The summed E-state index contributed by atoms with van der Waals surface area (Å²) < 4.78 is 11.2. The molecule has 0 radical (unpaired) electrons. The first kappa shape index (κ1) is 21.1. The molecule has 1 saturated heterocycles. The molecule has 1 aromatic heterocycles. The second-order valence-electron chi connectivity index (χ2n) is 7.85. The zero-order valence-corrected chi connectivity index (χ0v) is 17.9. The Morgan fingerprint density at radius 1 is 1.00 bits per heavy atom. The topological polar surface area (TPSA) is 71.8 Å². The van der Waals surface area contributed by atoms with Gasteiger partial charge in [0.2, 0.25) is 11.7 Å². The number of unbranched alkanes of at least 4 members (excludes halogenated alkanes) is 1. The van der Waals surface area contributed by atoms with Gasteiger partial charge in [0.1, 0.15) is 11.3 Å². The summed E-state index contributed by atoms with van der Waals surface area (Å²) in [6.45, 7) is 4.20. The normalized spacial score (nSPS) is 14.0. The minimum Gasteiger partial charge on any atom is -0.449 e. The summed E-state index contributed by atoms with van der Waals surface area (Å²) >= 11 is 0. The quantitative estimate of drug-likeness (QED) is 0.614. The predicted molar refractivity (Wildman–Crippen MR) is 120 cm³/mol. The Morgan fingerprint density at radius 3 is 2.45 bits per heavy atom. The first-order valence-corrected chi connectivity index (χ1v) is 10.9. The molecular formula is C25H28N2O4. The van der Waals surface area contributed by atoms with E-state index >= 15 is 0 Å². The number of fused-ring (bicyclic) bond motifs is 1. The van der Waals surface area contributed by atoms with Crippen molar-refractivity contribution in [3.05, 3.63) is 65.4 Å². The van der Waals surface area contributed by atoms with Gasteiger partial charge >= 0.3 is 0 Å². The number of nitrogens with zero attached hydrogens (tertiary/aromatic N) is 1. The van der Waals surface area contributed by atoms with E-state index in [2.05, 4.69) is 24.4 Å². The Balaban J connectivity index is 1.52. The smallest absolute Gasteiger partial charge is 0.291 e. The Hall–Kier alpha value is -3.12. The van der Waals surface area contributed by atoms with Gasteiger partial charge in [-0.05, 0) is 36.1 Å². The second kappa shape index (κ2) is 9.79. The van der Waals surface area contributed by atoms with Crippen molar-refractivity contribution in [2.24, 2.45) is 0 Å². The summed E-state index contributed by atoms with van der Waals surface area (Å²) in [7, 11) is 0. The molecule has 6 heteroatoms. The molecule has 0 saturated carbocycles. The monoisotopic (exact) mass is 420 g/mol. The molecule has 1 aliphatic heterocycles. The number of morpholine rings is 1. The van der Waals surface area contributed by atoms with Crippen LogP contribution in [0.4, 0.5) is 5.69 Å². The highest BCUT2D eigenvalue weighted by atomic mass is 16.5. The van der Waals surface area contributed by atoms with E-state index in [1.165, 1.54) is 5.56 Å². The summed E-state index contributed by atoms with van der Waals surface area (Å²) in [5.74, 6) is -0.231. The fourth-order valence-corrected chi connectivity index (χ4v) is 3.80. The van der Waals surface area contributed by atoms with Gasteiger partial charge < -0.3 is 19.4 Å². The molecule has 1 aliphatic rings. The van der Waals surface area contributed by atoms with Crippen LogP contribution in [0.3, 0.4) is 0 Å². The van der Waals surface area contributed by atoms with E-state index < -0.39 is 0 Å². The third kappa shape index (κ3) is 4.97. The molecule has 162 valence electrons. The van der Waals surface area contributed by atoms with Crippen LogP contribution in [0.2, 0.25) is 0 Å². The van der Waals surface area contributed by atoms with Gasteiger partial charge in [-0.1, -0.05) is 49.7 Å². The lowest BCUT2D eigenvalue weighted by molar-refractivity contribution is -0.115. The fourth-order valence-electron chi connectivity index (χ4n) is 3.80. The standard InChI is InChI=1S/C25H28N2O4/c1-2-3-6-18-9-11-19(12-10-18)17-22(28)26-23-20-7-4-5-8-21(20)31-24(23)25(29)27-13-15-30-16-14-27/h4-5,7-12H,2-3,6,13-17H2,1H3,(H,26,28). The van der Waals surface area contributed by atoms with Crippen LogP contribution in [0.5, 0.6) is 0 Å². The Kier molecular flexibility index (Phi) is 6.67. The van der Waals surface area contributed by atoms with E-state index in [9.17, 15) is 9.59 Å². The number of hydrogen-bond donors (Lipinski definition) is 1. The van der Waals surface area contributed by atoms with Crippen molar-refractivity contribution < 1.29 is 18.7 Å². The van der Waals surface area contributed by atoms with Crippen LogP contribution in [0.25, 0.3) is 11.0 Å². The van der Waals surface area contributed by atoms with Crippen LogP contribution in [-0.4, -0.2) is 43.0 Å². The summed E-state index contributed by atoms with van der Waals surface area (Å²) in [4.78, 5) is 27.6. The highest BCUT2D eigenvalue weighted by Crippen LogP contribution is 2.32. The Labute approximate surface area is 182 Å². The number of hydrogen-bond acceptors (Lipinski definition) is 4. The fraction of sp³-hybridized carbons (Fsp3) is 0.360. The molecule has 4 rings (SSSR count). The molecule has 1 fully saturated rings. The maximum absolute atomic E-state index is 13.1. The second-order valence-corrected chi connectivity index (χ2v) is 7.85. The summed E-state index contributed by atoms with van der Waals surface area (Å²) in [5, 5.41) is 3.66. The molecule has 0 bridgehead atoms. The molecule has 0 spiro atoms. The molecule has 6 nitrogen and oxygen atoms in total. The molecule has 2 amide bonds. The zero-order chi connectivity index (χ0) is 21.6. The van der Waals surface area contributed by atoms with E-state index in [4.69, 9.17) is 9.15 Å². The Bertz CT molecular complexity index is 1050. The van der Waals surface area contributed by atoms with Gasteiger partial charge in [-0.2, -0.15) is 0 Å². The SMILES string of the molecule is CCCCc1ccc(CC(=O)Nc2c(C(=O)N3CCOCC3)oc3ccccc23)cc1. The lowest BCUT2D eigenvalue weighted by Gasteiger charge is -2.26. The first-order valence-electron chi connectivity index (χ1n) is 10.9. The maximum Gasteiger partial charge on any atom is 0.291 e. The van der Waals surface area contributed by atoms with E-state index in [0.717, 1.165) is 30.2 Å². The van der Waals surface area contributed by atoms with Gasteiger partial charge in [0, 0.05) is 18.5 Å². The van der Waals surface area contributed by atoms with Gasteiger partial charge in [0.25, 0.3) is 5.91 Å². The van der Waals surface area contributed by atoms with Crippen LogP contribution in [0.1, 0.15) is 41.4 Å². The number of carbonyl (C=O) groups excluding carboxylic acids is 2. The number of carbonyl (C=O) groups is 2. The van der Waals surface area contributed by atoms with Crippen molar-refractivity contribution in [1.29, 1.82) is 0 Å². The number of rotatable bonds is 7. The largest absolute Gasteiger partial charge is 0.449 e. The van der Waals surface area contributed by atoms with Gasteiger partial charge in [-0.3, -0.25) is 9.59 Å². The van der Waals surface area contributed by atoms with Crippen LogP contribution >= 0.6 is 0 Å². The predicted octanol–water partition coefficient (Wildman–Crippen LogP) is 4.43. The van der Waals surface area contributed by atoms with Crippen LogP contribution in [-0.2, 0) is 22.4 Å². The van der Waals surface area contributed by atoms with Gasteiger partial charge in [-0.25, -0.2) is 0 Å². The summed E-state index contributed by atoms with van der Waals surface area (Å²) in [6, 6.07) is 15.5. The van der Waals surface area contributed by atoms with Crippen molar-refractivity contribution in [3.63, 3.8) is 0 Å². The van der Waals surface area contributed by atoms with Crippen molar-refractivity contribution in [1.82, 2.24) is 4.90 Å². The highest BCUT2D eigenvalue weighted by molar-refractivity contribution is 6.11. The van der Waals surface area contributed by atoms with E-state index in [1.54, 1.807) is 11.0 Å². The van der Waals surface area contributed by atoms with Gasteiger partial charge in [-0.15, -0.1) is 0 Å². The molecular weight excluding hydrogens is 392 g/mol. The lowest BCUT2D eigenvalue weighted by Crippen LogP contribution is -2.40. The van der Waals surface area contributed by atoms with E-state index in [-0.39, 0.29) is 24.0 Å². The number of ether oxygens (including phenoxy) is 1. The third-order valence-corrected chi connectivity index (χ3v) is 5.56. The van der Waals surface area contributed by atoms with Crippen molar-refractivity contribution in [2.75, 3.05) is 31.6 Å². The molecule has 2 aromatic carbocycles. The minimum atomic E-state index is -0.227. The van der Waals surface area contributed by atoms with Crippen molar-refractivity contribution in [2.45, 2.75) is 32.6 Å². The van der Waals surface area contributed by atoms with Gasteiger partial charge in [0.15, 0.2) is 0 Å². The number of amides is 2. The first-order chi connectivity index (χ1) is 15.2. The molecule has 0 atom stereocenters. The molecule has 2 heterocycles. The number of anilines is 1. The van der Waals surface area contributed by atoms with Gasteiger partial charge in [0.05, 0.1) is 19.6 Å². The average Bonchev–Trinajstić information content (AvgIpc) is 3.17. The van der Waals surface area contributed by atoms with Crippen molar-refractivity contribution in [3.8, 4) is 0 Å². The lowest BCUT2D eigenvalue weighted by atomic mass is 10.0. The molecule has 0 aliphatic carbocycles. The molecule has 31 heavy (non-hydrogen) atoms. The number of aryl methyl sites for hydroxylation is 1. The van der Waals surface area contributed by atoms with Crippen LogP contribution < -0.4 is 5.32 Å². The number of benzene rings is 2. The average molecular weight is 421 g/mol. The minimum absolute atomic E-state index is 0.173. The maximum atomic E-state index is 13.1. The molecule has 0 unspecified atom stereocenters. The number of nitrogens with one attached hydrogen (secondary N) is 1.